The summed E-state index contributed by atoms with van der Waals surface area (Å²) in [5.41, 5.74) is 11.2. The van der Waals surface area contributed by atoms with Gasteiger partial charge in [0.05, 0.1) is 11.3 Å². The molecule has 3 N–H and O–H groups in total. The summed E-state index contributed by atoms with van der Waals surface area (Å²) in [6.07, 6.45) is 0. The van der Waals surface area contributed by atoms with Crippen molar-refractivity contribution < 1.29 is 0 Å². The standard InChI is InChI=1S/C16H14BrN3/c1-10-6-5-9-12(14(10)17)15-13(16(18)20-19-15)11-7-3-2-4-8-11/h2-9H,1H3,(H3,18,19,20). The summed E-state index contributed by atoms with van der Waals surface area (Å²) < 4.78 is 1.06. The van der Waals surface area contributed by atoms with Crippen molar-refractivity contribution in [3.8, 4) is 22.4 Å². The molecule has 0 spiro atoms. The smallest absolute Gasteiger partial charge is 0.153 e. The topological polar surface area (TPSA) is 54.7 Å². The zero-order valence-corrected chi connectivity index (χ0v) is 12.6. The van der Waals surface area contributed by atoms with Gasteiger partial charge in [-0.1, -0.05) is 48.5 Å². The number of aromatic nitrogens is 2. The van der Waals surface area contributed by atoms with Crippen molar-refractivity contribution in [2.75, 3.05) is 5.73 Å². The average Bonchev–Trinajstić information content (AvgIpc) is 2.84. The lowest BCUT2D eigenvalue weighted by atomic mass is 10.00. The van der Waals surface area contributed by atoms with Crippen LogP contribution in [0.4, 0.5) is 5.82 Å². The van der Waals surface area contributed by atoms with Gasteiger partial charge in [0.15, 0.2) is 5.82 Å². The van der Waals surface area contributed by atoms with Gasteiger partial charge in [-0.2, -0.15) is 5.10 Å². The van der Waals surface area contributed by atoms with Gasteiger partial charge in [-0.3, -0.25) is 5.10 Å². The van der Waals surface area contributed by atoms with Crippen LogP contribution in [0, 0.1) is 6.92 Å². The van der Waals surface area contributed by atoms with Gasteiger partial charge < -0.3 is 5.73 Å². The van der Waals surface area contributed by atoms with Crippen LogP contribution in [0.2, 0.25) is 0 Å². The Morgan fingerprint density at radius 3 is 2.55 bits per heavy atom. The first-order chi connectivity index (χ1) is 9.68. The molecular formula is C16H14BrN3. The highest BCUT2D eigenvalue weighted by molar-refractivity contribution is 9.10. The number of hydrogen-bond donors (Lipinski definition) is 2. The Labute approximate surface area is 126 Å². The first-order valence-corrected chi connectivity index (χ1v) is 7.12. The van der Waals surface area contributed by atoms with E-state index in [0.29, 0.717) is 5.82 Å². The summed E-state index contributed by atoms with van der Waals surface area (Å²) in [6, 6.07) is 16.2. The number of nitrogen functional groups attached to an aromatic ring is 1. The summed E-state index contributed by atoms with van der Waals surface area (Å²) >= 11 is 3.64. The van der Waals surface area contributed by atoms with Gasteiger partial charge in [-0.05, 0) is 34.0 Å². The van der Waals surface area contributed by atoms with E-state index in [4.69, 9.17) is 5.73 Å². The molecule has 1 heterocycles. The normalized spacial score (nSPS) is 10.7. The zero-order valence-electron chi connectivity index (χ0n) is 11.0. The molecule has 1 aromatic heterocycles. The number of nitrogens with one attached hydrogen (secondary N) is 1. The molecule has 0 fully saturated rings. The van der Waals surface area contributed by atoms with E-state index in [1.165, 1.54) is 5.56 Å². The second kappa shape index (κ2) is 5.13. The zero-order chi connectivity index (χ0) is 14.1. The second-order valence-electron chi connectivity index (χ2n) is 4.66. The number of aryl methyl sites for hydroxylation is 1. The molecule has 3 aromatic rings. The predicted octanol–water partition coefficient (Wildman–Crippen LogP) is 4.40. The predicted molar refractivity (Wildman–Crippen MR) is 86.3 cm³/mol. The molecule has 3 nitrogen and oxygen atoms in total. The molecule has 20 heavy (non-hydrogen) atoms. The van der Waals surface area contributed by atoms with Crippen molar-refractivity contribution in [3.63, 3.8) is 0 Å². The molecule has 0 saturated carbocycles. The summed E-state index contributed by atoms with van der Waals surface area (Å²) in [7, 11) is 0. The lowest BCUT2D eigenvalue weighted by Gasteiger charge is -2.08. The molecule has 0 atom stereocenters. The Kier molecular flexibility index (Phi) is 3.32. The van der Waals surface area contributed by atoms with Gasteiger partial charge in [0.25, 0.3) is 0 Å². The van der Waals surface area contributed by atoms with Crippen molar-refractivity contribution in [3.05, 3.63) is 58.6 Å². The molecule has 0 aliphatic rings. The van der Waals surface area contributed by atoms with Crippen LogP contribution in [0.5, 0.6) is 0 Å². The van der Waals surface area contributed by atoms with E-state index < -0.39 is 0 Å². The minimum absolute atomic E-state index is 0.514. The highest BCUT2D eigenvalue weighted by Crippen LogP contribution is 2.38. The number of H-pyrrole nitrogens is 1. The number of rotatable bonds is 2. The average molecular weight is 328 g/mol. The summed E-state index contributed by atoms with van der Waals surface area (Å²) in [6.45, 7) is 2.06. The van der Waals surface area contributed by atoms with Crippen LogP contribution in [0.15, 0.2) is 53.0 Å². The Morgan fingerprint density at radius 1 is 1.05 bits per heavy atom. The lowest BCUT2D eigenvalue weighted by Crippen LogP contribution is -1.89. The minimum Gasteiger partial charge on any atom is -0.382 e. The molecule has 0 aliphatic heterocycles. The molecule has 4 heteroatoms. The number of nitrogens with zero attached hydrogens (tertiary/aromatic N) is 1. The fourth-order valence-corrected chi connectivity index (χ4v) is 2.75. The minimum atomic E-state index is 0.514. The lowest BCUT2D eigenvalue weighted by molar-refractivity contribution is 1.10. The van der Waals surface area contributed by atoms with Crippen LogP contribution in [0.3, 0.4) is 0 Å². The molecular weight excluding hydrogens is 314 g/mol. The van der Waals surface area contributed by atoms with Crippen LogP contribution >= 0.6 is 15.9 Å². The number of nitrogens with two attached hydrogens (primary N) is 1. The maximum atomic E-state index is 6.04. The highest BCUT2D eigenvalue weighted by Gasteiger charge is 2.16. The largest absolute Gasteiger partial charge is 0.382 e. The van der Waals surface area contributed by atoms with E-state index in [1.807, 2.05) is 36.4 Å². The monoisotopic (exact) mass is 327 g/mol. The molecule has 0 bridgehead atoms. The van der Waals surface area contributed by atoms with Crippen molar-refractivity contribution in [1.29, 1.82) is 0 Å². The van der Waals surface area contributed by atoms with Crippen molar-refractivity contribution in [1.82, 2.24) is 10.2 Å². The first-order valence-electron chi connectivity index (χ1n) is 6.33. The third-order valence-corrected chi connectivity index (χ3v) is 4.37. The van der Waals surface area contributed by atoms with E-state index in [9.17, 15) is 0 Å². The van der Waals surface area contributed by atoms with Gasteiger partial charge in [-0.25, -0.2) is 0 Å². The highest BCUT2D eigenvalue weighted by atomic mass is 79.9. The van der Waals surface area contributed by atoms with Gasteiger partial charge in [-0.15, -0.1) is 0 Å². The maximum Gasteiger partial charge on any atom is 0.153 e. The number of hydrogen-bond acceptors (Lipinski definition) is 2. The molecule has 0 unspecified atom stereocenters. The summed E-state index contributed by atoms with van der Waals surface area (Å²) in [5, 5.41) is 7.22. The van der Waals surface area contributed by atoms with E-state index in [0.717, 1.165) is 26.9 Å². The first kappa shape index (κ1) is 12.9. The second-order valence-corrected chi connectivity index (χ2v) is 5.45. The number of benzene rings is 2. The summed E-state index contributed by atoms with van der Waals surface area (Å²) in [4.78, 5) is 0. The Morgan fingerprint density at radius 2 is 1.80 bits per heavy atom. The van der Waals surface area contributed by atoms with Gasteiger partial charge in [0.1, 0.15) is 0 Å². The Bertz CT molecular complexity index is 748. The van der Waals surface area contributed by atoms with Crippen molar-refractivity contribution in [2.45, 2.75) is 6.92 Å². The Balaban J connectivity index is 2.24. The van der Waals surface area contributed by atoms with Crippen molar-refractivity contribution >= 4 is 21.7 Å². The van der Waals surface area contributed by atoms with Gasteiger partial charge >= 0.3 is 0 Å². The van der Waals surface area contributed by atoms with Crippen LogP contribution in [-0.4, -0.2) is 10.2 Å². The van der Waals surface area contributed by atoms with E-state index in [2.05, 4.69) is 45.2 Å². The fraction of sp³-hybridized carbons (Fsp3) is 0.0625. The van der Waals surface area contributed by atoms with Crippen LogP contribution in [0.1, 0.15) is 5.56 Å². The Hall–Kier alpha value is -2.07. The van der Waals surface area contributed by atoms with Crippen LogP contribution in [-0.2, 0) is 0 Å². The molecule has 0 saturated heterocycles. The molecule has 0 radical (unpaired) electrons. The molecule has 0 aliphatic carbocycles. The van der Waals surface area contributed by atoms with E-state index in [1.54, 1.807) is 0 Å². The van der Waals surface area contributed by atoms with E-state index >= 15 is 0 Å². The van der Waals surface area contributed by atoms with Crippen molar-refractivity contribution in [2.24, 2.45) is 0 Å². The third-order valence-electron chi connectivity index (χ3n) is 3.32. The number of anilines is 1. The third kappa shape index (κ3) is 2.12. The van der Waals surface area contributed by atoms with Crippen LogP contribution in [0.25, 0.3) is 22.4 Å². The van der Waals surface area contributed by atoms with Gasteiger partial charge in [0.2, 0.25) is 0 Å². The quantitative estimate of drug-likeness (QED) is 0.733. The SMILES string of the molecule is Cc1cccc(-c2[nH]nc(N)c2-c2ccccc2)c1Br. The molecule has 0 amide bonds. The molecule has 2 aromatic carbocycles. The van der Waals surface area contributed by atoms with Crippen LogP contribution < -0.4 is 5.73 Å². The summed E-state index contributed by atoms with van der Waals surface area (Å²) in [5.74, 6) is 0.514. The molecule has 100 valence electrons. The van der Waals surface area contributed by atoms with E-state index in [-0.39, 0.29) is 0 Å². The number of aromatic amines is 1. The molecule has 3 rings (SSSR count). The van der Waals surface area contributed by atoms with Gasteiger partial charge in [0, 0.05) is 10.0 Å². The fourth-order valence-electron chi connectivity index (χ4n) is 2.29. The maximum absolute atomic E-state index is 6.04. The number of halogens is 1.